The number of benzene rings is 2. The minimum Gasteiger partial charge on any atom is -0.425 e. The van der Waals surface area contributed by atoms with E-state index in [4.69, 9.17) is 0 Å². The van der Waals surface area contributed by atoms with Crippen molar-refractivity contribution in [2.45, 2.75) is 27.7 Å². The number of nitrogens with zero attached hydrogens (tertiary/aromatic N) is 2. The van der Waals surface area contributed by atoms with Gasteiger partial charge in [-0.15, -0.1) is 0 Å². The largest absolute Gasteiger partial charge is 0.425 e. The zero-order valence-corrected chi connectivity index (χ0v) is 29.3. The summed E-state index contributed by atoms with van der Waals surface area (Å²) >= 11 is 0. The number of esters is 2. The summed E-state index contributed by atoms with van der Waals surface area (Å²) in [7, 11) is 2.49. The van der Waals surface area contributed by atoms with Gasteiger partial charge in [-0.2, -0.15) is 0 Å². The average molecular weight is 685 g/mol. The summed E-state index contributed by atoms with van der Waals surface area (Å²) in [4.78, 5) is 67.6. The van der Waals surface area contributed by atoms with Gasteiger partial charge < -0.3 is 24.3 Å². The van der Waals surface area contributed by atoms with Crippen molar-refractivity contribution in [1.29, 1.82) is 0 Å². The first-order chi connectivity index (χ1) is 19.2. The molecule has 0 aromatic heterocycles. The van der Waals surface area contributed by atoms with Crippen LogP contribution in [0.1, 0.15) is 27.7 Å². The fraction of sp³-hybridized carbons (Fsp3) is 0.250. The number of likely N-dealkylation sites (tertiary alicyclic amines) is 2. The van der Waals surface area contributed by atoms with Crippen LogP contribution < -0.4 is 0 Å². The number of hydrogen-bond acceptors (Lipinski definition) is 8. The molecule has 2 aromatic rings. The molecule has 44 heavy (non-hydrogen) atoms. The van der Waals surface area contributed by atoms with Gasteiger partial charge in [-0.1, -0.05) is 98.8 Å². The predicted octanol–water partition coefficient (Wildman–Crippen LogP) is 4.45. The molecule has 2 aliphatic heterocycles. The molecule has 4 rings (SSSR count). The van der Waals surface area contributed by atoms with E-state index in [0.717, 1.165) is 9.80 Å². The van der Waals surface area contributed by atoms with Gasteiger partial charge in [-0.25, -0.2) is 9.59 Å². The maximum atomic E-state index is 11.2. The van der Waals surface area contributed by atoms with Crippen LogP contribution >= 0.6 is 0 Å². The Balaban J connectivity index is -0.000000153. The van der Waals surface area contributed by atoms with E-state index in [1.54, 1.807) is 13.8 Å². The number of carbonyl (C=O) groups is 6. The van der Waals surface area contributed by atoms with Crippen molar-refractivity contribution in [1.82, 2.24) is 9.80 Å². The molecular formula is C32H42N2O8V2-2. The molecule has 10 nitrogen and oxygen atoms in total. The molecule has 0 N–H and O–H groups in total. The molecule has 2 radical (unpaired) electrons. The van der Waals surface area contributed by atoms with Crippen molar-refractivity contribution in [3.63, 3.8) is 0 Å². The van der Waals surface area contributed by atoms with Gasteiger partial charge in [0.25, 0.3) is 29.0 Å². The van der Waals surface area contributed by atoms with Crippen molar-refractivity contribution in [3.05, 3.63) is 112 Å². The van der Waals surface area contributed by atoms with Crippen molar-refractivity contribution in [3.8, 4) is 0 Å². The van der Waals surface area contributed by atoms with E-state index in [9.17, 15) is 28.8 Å². The number of amides is 4. The van der Waals surface area contributed by atoms with Crippen LogP contribution in [0.2, 0.25) is 0 Å². The Morgan fingerprint density at radius 1 is 0.591 bits per heavy atom. The molecule has 240 valence electrons. The number of rotatable bonds is 4. The zero-order valence-electron chi connectivity index (χ0n) is 26.5. The maximum absolute atomic E-state index is 11.2. The fourth-order valence-electron chi connectivity index (χ4n) is 2.92. The quantitative estimate of drug-likeness (QED) is 0.116. The third-order valence-electron chi connectivity index (χ3n) is 4.84. The van der Waals surface area contributed by atoms with E-state index in [1.807, 2.05) is 86.6 Å². The minimum absolute atomic E-state index is 0. The van der Waals surface area contributed by atoms with E-state index in [-0.39, 0.29) is 58.8 Å². The van der Waals surface area contributed by atoms with Crippen molar-refractivity contribution < 1.29 is 75.4 Å². The number of allylic oxidation sites excluding steroid dienone is 2. The molecule has 1 spiro atoms. The summed E-state index contributed by atoms with van der Waals surface area (Å²) in [6.45, 7) is 7.02. The number of ether oxygens (including phenoxy) is 2. The molecule has 0 saturated carbocycles. The van der Waals surface area contributed by atoms with Crippen LogP contribution in [0, 0.1) is 20.3 Å². The Hall–Kier alpha value is -3.69. The fourth-order valence-corrected chi connectivity index (χ4v) is 2.92. The first-order valence-corrected chi connectivity index (χ1v) is 12.4. The zero-order chi connectivity index (χ0) is 30.6. The van der Waals surface area contributed by atoms with E-state index in [0.29, 0.717) is 0 Å². The van der Waals surface area contributed by atoms with Gasteiger partial charge in [0.05, 0.1) is 0 Å². The standard InChI is InChI=1S/C9H12O4.C7H6N2O4.2C6H6.C2H6.2CH3.2V/c1-3-5-8(10)12-7-13-9(11)6-4-2;1-8-3(10)7(4(8)11)5(12)9(2)6(7)13;2*1-2-4-6-5-3-1;1-2;;;;/h3-6H,7H2,1-2H3;1-2H3;2*1-6H;1-2H3;2*1H3;;/q;;;;;2*-1;;. The Bertz CT molecular complexity index is 993. The SMILES string of the molecule is CC.CC=CC(=O)OCOC(=O)C=CC.CN1C(=O)C2(C1=O)C(=O)N(C)C2=O.[CH3-].[CH3-].[V].[V].c1ccccc1.c1ccccc1. The van der Waals surface area contributed by atoms with Crippen molar-refractivity contribution in [2.75, 3.05) is 20.9 Å². The van der Waals surface area contributed by atoms with E-state index in [1.165, 1.54) is 38.4 Å². The van der Waals surface area contributed by atoms with Crippen molar-refractivity contribution >= 4 is 35.6 Å². The second-order valence-electron chi connectivity index (χ2n) is 7.44. The summed E-state index contributed by atoms with van der Waals surface area (Å²) in [6.07, 6.45) is 5.55. The van der Waals surface area contributed by atoms with Gasteiger partial charge in [0.2, 0.25) is 6.79 Å². The summed E-state index contributed by atoms with van der Waals surface area (Å²) in [5.41, 5.74) is -1.98. The van der Waals surface area contributed by atoms with Gasteiger partial charge in [-0.3, -0.25) is 29.0 Å². The van der Waals surface area contributed by atoms with Crippen LogP contribution in [0.15, 0.2) is 97.1 Å². The van der Waals surface area contributed by atoms with Gasteiger partial charge in [0.15, 0.2) is 0 Å². The second-order valence-corrected chi connectivity index (χ2v) is 7.44. The molecule has 2 fully saturated rings. The molecule has 2 heterocycles. The van der Waals surface area contributed by atoms with E-state index >= 15 is 0 Å². The molecule has 0 bridgehead atoms. The van der Waals surface area contributed by atoms with Crippen LogP contribution in [0.3, 0.4) is 0 Å². The van der Waals surface area contributed by atoms with Crippen LogP contribution in [-0.2, 0) is 75.4 Å². The molecule has 0 aliphatic carbocycles. The van der Waals surface area contributed by atoms with E-state index < -0.39 is 41.0 Å². The van der Waals surface area contributed by atoms with Crippen LogP contribution in [0.25, 0.3) is 0 Å². The molecule has 0 atom stereocenters. The summed E-state index contributed by atoms with van der Waals surface area (Å²) < 4.78 is 8.99. The first kappa shape index (κ1) is 50.0. The maximum Gasteiger partial charge on any atom is 0.333 e. The summed E-state index contributed by atoms with van der Waals surface area (Å²) in [6, 6.07) is 24.0. The second kappa shape index (κ2) is 28.1. The van der Waals surface area contributed by atoms with Gasteiger partial charge in [-0.05, 0) is 13.8 Å². The van der Waals surface area contributed by atoms with Crippen LogP contribution in [0.4, 0.5) is 0 Å². The number of carbonyl (C=O) groups excluding carboxylic acids is 6. The minimum atomic E-state index is -1.98. The molecule has 2 aliphatic rings. The molecule has 2 aromatic carbocycles. The number of hydrogen-bond donors (Lipinski definition) is 0. The van der Waals surface area contributed by atoms with E-state index in [2.05, 4.69) is 9.47 Å². The summed E-state index contributed by atoms with van der Waals surface area (Å²) in [5, 5.41) is 0. The molecular weight excluding hydrogens is 642 g/mol. The normalized spacial score (nSPS) is 12.9. The first-order valence-electron chi connectivity index (χ1n) is 12.4. The molecule has 0 unspecified atom stereocenters. The third-order valence-corrected chi connectivity index (χ3v) is 4.84. The van der Waals surface area contributed by atoms with Gasteiger partial charge >= 0.3 is 11.9 Å². The van der Waals surface area contributed by atoms with Gasteiger partial charge in [0.1, 0.15) is 0 Å². The number of imide groups is 2. The average Bonchev–Trinajstić information content (AvgIpc) is 3.01. The molecule has 4 amide bonds. The van der Waals surface area contributed by atoms with Crippen molar-refractivity contribution in [2.24, 2.45) is 5.41 Å². The smallest absolute Gasteiger partial charge is 0.333 e. The monoisotopic (exact) mass is 684 g/mol. The Kier molecular flexibility index (Phi) is 31.9. The topological polar surface area (TPSA) is 127 Å². The Morgan fingerprint density at radius 3 is 0.977 bits per heavy atom. The Labute approximate surface area is 285 Å². The van der Waals surface area contributed by atoms with Gasteiger partial charge in [0, 0.05) is 63.4 Å². The number of β-lactam (4-membered cyclic amide) rings is 4. The third kappa shape index (κ3) is 14.7. The summed E-state index contributed by atoms with van der Waals surface area (Å²) in [5.74, 6) is -3.93. The molecule has 12 heteroatoms. The van der Waals surface area contributed by atoms with Crippen LogP contribution in [-0.4, -0.2) is 66.3 Å². The molecule has 2 saturated heterocycles. The Morgan fingerprint density at radius 2 is 0.795 bits per heavy atom. The van der Waals surface area contributed by atoms with Crippen LogP contribution in [0.5, 0.6) is 0 Å². The predicted molar refractivity (Wildman–Crippen MR) is 162 cm³/mol.